The van der Waals surface area contributed by atoms with Crippen LogP contribution in [0.25, 0.3) is 0 Å². The van der Waals surface area contributed by atoms with Gasteiger partial charge in [-0.2, -0.15) is 5.26 Å². The Bertz CT molecular complexity index is 966. The number of para-hydroxylation sites is 1. The van der Waals surface area contributed by atoms with E-state index in [1.165, 1.54) is 0 Å². The molecule has 0 radical (unpaired) electrons. The van der Waals surface area contributed by atoms with Crippen molar-refractivity contribution in [3.8, 4) is 17.6 Å². The molecule has 4 nitrogen and oxygen atoms in total. The molecule has 1 unspecified atom stereocenters. The van der Waals surface area contributed by atoms with E-state index in [0.717, 1.165) is 0 Å². The van der Waals surface area contributed by atoms with E-state index in [0.29, 0.717) is 17.1 Å². The van der Waals surface area contributed by atoms with Crippen LogP contribution in [0.5, 0.6) is 11.5 Å². The van der Waals surface area contributed by atoms with Crippen molar-refractivity contribution in [1.82, 2.24) is 0 Å². The van der Waals surface area contributed by atoms with E-state index in [1.54, 1.807) is 24.3 Å². The Morgan fingerprint density at radius 1 is 1.13 bits per heavy atom. The molecule has 0 heterocycles. The van der Waals surface area contributed by atoms with Gasteiger partial charge in [0.05, 0.1) is 10.7 Å². The molecule has 0 N–H and O–H groups in total. The molecule has 160 valence electrons. The molecule has 0 amide bonds. The van der Waals surface area contributed by atoms with Crippen LogP contribution in [0, 0.1) is 28.6 Å². The monoisotopic (exact) mass is 685 g/mol. The van der Waals surface area contributed by atoms with Crippen LogP contribution in [0.1, 0.15) is 26.9 Å². The van der Waals surface area contributed by atoms with Crippen molar-refractivity contribution in [3.63, 3.8) is 0 Å². The van der Waals surface area contributed by atoms with Crippen LogP contribution in [0.2, 0.25) is 0 Å². The Kier molecular flexibility index (Phi) is 9.74. The third kappa shape index (κ3) is 6.59. The summed E-state index contributed by atoms with van der Waals surface area (Å²) < 4.78 is 10.9. The van der Waals surface area contributed by atoms with Crippen molar-refractivity contribution < 1.29 is 45.3 Å². The maximum Gasteiger partial charge on any atom is 1.00 e. The van der Waals surface area contributed by atoms with Crippen molar-refractivity contribution in [1.29, 1.82) is 5.26 Å². The maximum atomic E-state index is 12.9. The molecule has 1 aliphatic carbocycles. The molecule has 1 fully saturated rings. The molecule has 0 spiro atoms. The summed E-state index contributed by atoms with van der Waals surface area (Å²) in [7, 11) is 0. The number of benzene rings is 2. The van der Waals surface area contributed by atoms with Gasteiger partial charge in [0.25, 0.3) is 0 Å². The van der Waals surface area contributed by atoms with Crippen molar-refractivity contribution in [2.24, 2.45) is 17.3 Å². The zero-order valence-electron chi connectivity index (χ0n) is 18.2. The molecule has 0 aliphatic heterocycles. The van der Waals surface area contributed by atoms with Gasteiger partial charge in [0, 0.05) is 5.56 Å². The van der Waals surface area contributed by atoms with Crippen LogP contribution < -0.4 is 34.3 Å². The van der Waals surface area contributed by atoms with E-state index in [-0.39, 0.29) is 59.0 Å². The van der Waals surface area contributed by atoms with Gasteiger partial charge in [0.1, 0.15) is 19.7 Å². The predicted molar refractivity (Wildman–Crippen MR) is 132 cm³/mol. The summed E-state index contributed by atoms with van der Waals surface area (Å²) in [4.78, 5) is 12.8. The van der Waals surface area contributed by atoms with Crippen LogP contribution >= 0.6 is 63.7 Å². The first kappa shape index (κ1) is 27.4. The van der Waals surface area contributed by atoms with E-state index in [1.807, 2.05) is 44.2 Å². The molecule has 1 saturated carbocycles. The van der Waals surface area contributed by atoms with E-state index < -0.39 is 8.25 Å². The van der Waals surface area contributed by atoms with Crippen LogP contribution in [0.15, 0.2) is 54.6 Å². The fraction of sp³-hybridized carbons (Fsp3) is 0.364. The van der Waals surface area contributed by atoms with E-state index in [2.05, 4.69) is 69.8 Å². The van der Waals surface area contributed by atoms with Crippen LogP contribution in [-0.2, 0) is 9.53 Å². The quantitative estimate of drug-likeness (QED) is 0.254. The largest absolute Gasteiger partial charge is 1.00 e. The molecule has 2 aromatic carbocycles. The van der Waals surface area contributed by atoms with E-state index >= 15 is 0 Å². The molecular formula is C22H20Br4NNaO3. The molecule has 0 bridgehead atoms. The zero-order valence-corrected chi connectivity index (χ0v) is 25.5. The number of nitrogens with zero attached hydrogens (tertiary/aromatic N) is 1. The second-order valence-electron chi connectivity index (χ2n) is 7.70. The van der Waals surface area contributed by atoms with Gasteiger partial charge in [-0.05, 0) is 35.6 Å². The van der Waals surface area contributed by atoms with Gasteiger partial charge in [-0.1, -0.05) is 108 Å². The summed E-state index contributed by atoms with van der Waals surface area (Å²) in [6.07, 6.45) is -1.01. The fourth-order valence-electron chi connectivity index (χ4n) is 3.60. The number of esters is 1. The Balaban J connectivity index is 0.00000256. The van der Waals surface area contributed by atoms with Gasteiger partial charge >= 0.3 is 35.5 Å². The number of hydrogen-bond donors (Lipinski definition) is 0. The van der Waals surface area contributed by atoms with Gasteiger partial charge in [-0.3, -0.25) is 4.79 Å². The first-order chi connectivity index (χ1) is 14.1. The summed E-state index contributed by atoms with van der Waals surface area (Å²) >= 11 is 14.2. The summed E-state index contributed by atoms with van der Waals surface area (Å²) in [6.45, 7) is 4.04. The molecule has 0 aromatic heterocycles. The van der Waals surface area contributed by atoms with Gasteiger partial charge in [-0.15, -0.1) is 0 Å². The molecule has 4 atom stereocenters. The van der Waals surface area contributed by atoms with E-state index in [9.17, 15) is 10.1 Å². The van der Waals surface area contributed by atoms with E-state index in [4.69, 9.17) is 9.47 Å². The predicted octanol–water partition coefficient (Wildman–Crippen LogP) is 4.58. The van der Waals surface area contributed by atoms with Gasteiger partial charge in [-0.25, -0.2) is 0 Å². The molecule has 9 heteroatoms. The minimum absolute atomic E-state index is 0. The summed E-state index contributed by atoms with van der Waals surface area (Å²) in [5, 5.41) is 9.65. The van der Waals surface area contributed by atoms with Crippen LogP contribution in [0.3, 0.4) is 0 Å². The molecular weight excluding hydrogens is 669 g/mol. The minimum atomic E-state index is -1.01. The maximum absolute atomic E-state index is 12.9. The minimum Gasteiger partial charge on any atom is -1.00 e. The van der Waals surface area contributed by atoms with Gasteiger partial charge in [0.15, 0.2) is 0 Å². The fourth-order valence-corrected chi connectivity index (χ4v) is 5.44. The van der Waals surface area contributed by atoms with Gasteiger partial charge < -0.3 is 10.9 Å². The number of hydrogen-bond acceptors (Lipinski definition) is 4. The first-order valence-corrected chi connectivity index (χ1v) is 12.5. The number of nitriles is 1. The van der Waals surface area contributed by atoms with Crippen LogP contribution in [0.4, 0.5) is 0 Å². The number of rotatable bonds is 6. The van der Waals surface area contributed by atoms with Crippen molar-refractivity contribution in [2.45, 2.75) is 26.9 Å². The molecule has 2 aromatic rings. The van der Waals surface area contributed by atoms with Crippen molar-refractivity contribution >= 4 is 69.7 Å². The average molecular weight is 689 g/mol. The summed E-state index contributed by atoms with van der Waals surface area (Å²) in [6, 6.07) is 18.5. The second kappa shape index (κ2) is 11.0. The number of halogens is 4. The number of carbonyl (C=O) groups is 1. The summed E-state index contributed by atoms with van der Waals surface area (Å²) in [5.41, 5.74) is 0.310. The molecule has 0 saturated heterocycles. The Labute approximate surface area is 239 Å². The smallest absolute Gasteiger partial charge is 1.00 e. The third-order valence-corrected chi connectivity index (χ3v) is 9.86. The van der Waals surface area contributed by atoms with Crippen molar-refractivity contribution in [2.75, 3.05) is 0 Å². The number of alkyl halides is 4. The number of carbonyl (C=O) groups excluding carboxylic acids is 1. The Morgan fingerprint density at radius 2 is 1.74 bits per heavy atom. The SMILES string of the molecule is CC1(C)[C@H](C(=O)O[C@H](C#N)c2cccc(Oc3ccccc3)c2)[C@@H]1C(Br)C(Br)(Br)Br.[H-].[Na+]. The topological polar surface area (TPSA) is 59.3 Å². The Morgan fingerprint density at radius 3 is 2.32 bits per heavy atom. The summed E-state index contributed by atoms with van der Waals surface area (Å²) in [5.74, 6) is 0.576. The third-order valence-electron chi connectivity index (χ3n) is 5.28. The zero-order chi connectivity index (χ0) is 22.1. The van der Waals surface area contributed by atoms with Crippen molar-refractivity contribution in [3.05, 3.63) is 60.2 Å². The van der Waals surface area contributed by atoms with Crippen LogP contribution in [-0.4, -0.2) is 12.9 Å². The first-order valence-electron chi connectivity index (χ1n) is 9.19. The molecule has 31 heavy (non-hydrogen) atoms. The molecule has 1 aliphatic rings. The standard InChI is InChI=1S/C22H19Br4NO3.Na.H/c1-21(2)17(19(23)22(24,25)26)18(21)20(28)30-16(12-27)13-7-6-10-15(11-13)29-14-8-4-3-5-9-14;;/h3-11,16-19H,1-2H3;;/q;+1;-1/t16-,17-,18+,19?;;/m1../s1. The van der Waals surface area contributed by atoms with Gasteiger partial charge in [0.2, 0.25) is 6.10 Å². The Hall–Kier alpha value is 0.120. The second-order valence-corrected chi connectivity index (χ2v) is 15.6. The normalized spacial score (nSPS) is 21.1. The average Bonchev–Trinajstić information content (AvgIpc) is 3.27. The number of ether oxygens (including phenoxy) is 2. The molecule has 3 rings (SSSR count).